The number of nitrogens with zero attached hydrogens (tertiary/aromatic N) is 4. The second kappa shape index (κ2) is 5.65. The Morgan fingerprint density at radius 2 is 2.28 bits per heavy atom. The number of aromatic nitrogens is 4. The van der Waals surface area contributed by atoms with Crippen molar-refractivity contribution >= 4 is 21.6 Å². The number of nitro groups is 1. The molecule has 2 N–H and O–H groups in total. The van der Waals surface area contributed by atoms with Crippen molar-refractivity contribution in [3.05, 3.63) is 44.2 Å². The molecule has 9 heteroatoms. The fourth-order valence-electron chi connectivity index (χ4n) is 1.44. The fourth-order valence-corrected chi connectivity index (χ4v) is 1.85. The number of hydrogen-bond donors (Lipinski definition) is 2. The highest BCUT2D eigenvalue weighted by atomic mass is 79.9. The molecule has 0 aliphatic rings. The van der Waals surface area contributed by atoms with Crippen LogP contribution in [0.3, 0.4) is 0 Å². The van der Waals surface area contributed by atoms with Crippen LogP contribution in [0.15, 0.2) is 22.7 Å². The minimum absolute atomic E-state index is 0.0822. The summed E-state index contributed by atoms with van der Waals surface area (Å²) < 4.78 is 0.796. The summed E-state index contributed by atoms with van der Waals surface area (Å²) in [5.41, 5.74) is 0.677. The molecule has 0 aliphatic carbocycles. The predicted octanol–water partition coefficient (Wildman–Crippen LogP) is 1.16. The van der Waals surface area contributed by atoms with Crippen LogP contribution in [-0.2, 0) is 13.1 Å². The Labute approximate surface area is 110 Å². The summed E-state index contributed by atoms with van der Waals surface area (Å²) >= 11 is 3.29. The maximum absolute atomic E-state index is 10.8. The summed E-state index contributed by atoms with van der Waals surface area (Å²) in [6.45, 7) is 0.741. The molecule has 0 atom stereocenters. The first-order chi connectivity index (χ1) is 8.66. The zero-order chi connectivity index (χ0) is 13.0. The van der Waals surface area contributed by atoms with Gasteiger partial charge in [0.05, 0.1) is 11.5 Å². The van der Waals surface area contributed by atoms with Crippen LogP contribution in [0.1, 0.15) is 11.4 Å². The van der Waals surface area contributed by atoms with Gasteiger partial charge in [-0.05, 0) is 12.1 Å². The highest BCUT2D eigenvalue weighted by molar-refractivity contribution is 9.10. The van der Waals surface area contributed by atoms with Gasteiger partial charge in [-0.2, -0.15) is 5.21 Å². The first kappa shape index (κ1) is 12.6. The van der Waals surface area contributed by atoms with Crippen molar-refractivity contribution in [2.75, 3.05) is 0 Å². The monoisotopic (exact) mass is 312 g/mol. The van der Waals surface area contributed by atoms with Crippen molar-refractivity contribution in [1.82, 2.24) is 25.9 Å². The largest absolute Gasteiger partial charge is 0.305 e. The van der Waals surface area contributed by atoms with Gasteiger partial charge < -0.3 is 5.32 Å². The first-order valence-electron chi connectivity index (χ1n) is 5.02. The minimum Gasteiger partial charge on any atom is -0.305 e. The predicted molar refractivity (Wildman–Crippen MR) is 65.5 cm³/mol. The van der Waals surface area contributed by atoms with Gasteiger partial charge in [0.25, 0.3) is 5.69 Å². The Hall–Kier alpha value is -1.87. The first-order valence-corrected chi connectivity index (χ1v) is 5.82. The summed E-state index contributed by atoms with van der Waals surface area (Å²) in [4.78, 5) is 10.4. The highest BCUT2D eigenvalue weighted by Crippen LogP contribution is 2.22. The van der Waals surface area contributed by atoms with Crippen LogP contribution < -0.4 is 5.32 Å². The van der Waals surface area contributed by atoms with Gasteiger partial charge in [-0.25, -0.2) is 0 Å². The quantitative estimate of drug-likeness (QED) is 0.633. The molecule has 18 heavy (non-hydrogen) atoms. The van der Waals surface area contributed by atoms with E-state index in [1.54, 1.807) is 12.1 Å². The third-order valence-electron chi connectivity index (χ3n) is 2.23. The molecule has 0 unspecified atom stereocenters. The summed E-state index contributed by atoms with van der Waals surface area (Å²) in [5.74, 6) is 0.507. The molecule has 0 radical (unpaired) electrons. The van der Waals surface area contributed by atoms with Gasteiger partial charge >= 0.3 is 0 Å². The van der Waals surface area contributed by atoms with Gasteiger partial charge in [0, 0.05) is 22.6 Å². The second-order valence-electron chi connectivity index (χ2n) is 3.46. The molecule has 1 aromatic heterocycles. The number of tetrazole rings is 1. The maximum atomic E-state index is 10.8. The number of hydrogen-bond acceptors (Lipinski definition) is 6. The van der Waals surface area contributed by atoms with E-state index in [1.165, 1.54) is 6.07 Å². The van der Waals surface area contributed by atoms with Crippen LogP contribution in [0, 0.1) is 10.1 Å². The van der Waals surface area contributed by atoms with Crippen molar-refractivity contribution < 1.29 is 4.92 Å². The summed E-state index contributed by atoms with van der Waals surface area (Å²) in [7, 11) is 0. The van der Waals surface area contributed by atoms with Gasteiger partial charge in [-0.15, -0.1) is 10.2 Å². The summed E-state index contributed by atoms with van der Waals surface area (Å²) in [6.07, 6.45) is 0. The topological polar surface area (TPSA) is 110 Å². The number of nitro benzene ring substituents is 1. The molecule has 1 aromatic carbocycles. The van der Waals surface area contributed by atoms with Gasteiger partial charge in [0.15, 0.2) is 5.82 Å². The molecular formula is C9H9BrN6O2. The van der Waals surface area contributed by atoms with E-state index in [0.29, 0.717) is 24.5 Å². The van der Waals surface area contributed by atoms with Crippen LogP contribution >= 0.6 is 15.9 Å². The molecule has 0 bridgehead atoms. The van der Waals surface area contributed by atoms with Crippen molar-refractivity contribution in [3.8, 4) is 0 Å². The Bertz CT molecular complexity index is 544. The van der Waals surface area contributed by atoms with Gasteiger partial charge in [-0.3, -0.25) is 10.1 Å². The number of rotatable bonds is 5. The number of aromatic amines is 1. The third kappa shape index (κ3) is 3.08. The molecule has 1 heterocycles. The molecule has 8 nitrogen and oxygen atoms in total. The standard InChI is InChI=1S/C9H9BrN6O2/c10-7-1-2-8(16(17)18)6(3-7)4-11-5-9-12-14-15-13-9/h1-3,11H,4-5H2,(H,12,13,14,15). The van der Waals surface area contributed by atoms with Crippen molar-refractivity contribution in [2.45, 2.75) is 13.1 Å². The van der Waals surface area contributed by atoms with Gasteiger partial charge in [0.1, 0.15) is 0 Å². The smallest absolute Gasteiger partial charge is 0.273 e. The lowest BCUT2D eigenvalue weighted by molar-refractivity contribution is -0.385. The van der Waals surface area contributed by atoms with Crippen LogP contribution in [-0.4, -0.2) is 25.5 Å². The molecule has 94 valence electrons. The van der Waals surface area contributed by atoms with Crippen LogP contribution in [0.2, 0.25) is 0 Å². The van der Waals surface area contributed by atoms with E-state index in [4.69, 9.17) is 0 Å². The third-order valence-corrected chi connectivity index (χ3v) is 2.72. The number of halogens is 1. The van der Waals surface area contributed by atoms with E-state index < -0.39 is 4.92 Å². The highest BCUT2D eigenvalue weighted by Gasteiger charge is 2.13. The van der Waals surface area contributed by atoms with E-state index in [0.717, 1.165) is 4.47 Å². The van der Waals surface area contributed by atoms with Crippen molar-refractivity contribution in [1.29, 1.82) is 0 Å². The Morgan fingerprint density at radius 3 is 2.94 bits per heavy atom. The zero-order valence-electron chi connectivity index (χ0n) is 9.13. The molecule has 0 fully saturated rings. The zero-order valence-corrected chi connectivity index (χ0v) is 10.7. The van der Waals surface area contributed by atoms with Crippen LogP contribution in [0.25, 0.3) is 0 Å². The van der Waals surface area contributed by atoms with E-state index in [2.05, 4.69) is 41.9 Å². The van der Waals surface area contributed by atoms with Crippen molar-refractivity contribution in [3.63, 3.8) is 0 Å². The Kier molecular flexibility index (Phi) is 3.95. The van der Waals surface area contributed by atoms with Crippen molar-refractivity contribution in [2.24, 2.45) is 0 Å². The minimum atomic E-state index is -0.405. The number of H-pyrrole nitrogens is 1. The van der Waals surface area contributed by atoms with Gasteiger partial charge in [0.2, 0.25) is 0 Å². The lowest BCUT2D eigenvalue weighted by Crippen LogP contribution is -2.14. The number of benzene rings is 1. The van der Waals surface area contributed by atoms with E-state index in [9.17, 15) is 10.1 Å². The summed E-state index contributed by atoms with van der Waals surface area (Å²) in [5, 5.41) is 27.1. The average molecular weight is 313 g/mol. The molecule has 0 saturated carbocycles. The fraction of sp³-hybridized carbons (Fsp3) is 0.222. The molecule has 0 amide bonds. The molecular weight excluding hydrogens is 304 g/mol. The van der Waals surface area contributed by atoms with Gasteiger partial charge in [-0.1, -0.05) is 21.1 Å². The normalized spacial score (nSPS) is 10.5. The Morgan fingerprint density at radius 1 is 1.44 bits per heavy atom. The number of nitrogens with one attached hydrogen (secondary N) is 2. The average Bonchev–Trinajstić information content (AvgIpc) is 2.82. The van der Waals surface area contributed by atoms with Crippen LogP contribution in [0.5, 0.6) is 0 Å². The van der Waals surface area contributed by atoms with E-state index in [-0.39, 0.29) is 5.69 Å². The molecule has 2 aromatic rings. The molecule has 0 saturated heterocycles. The second-order valence-corrected chi connectivity index (χ2v) is 4.38. The molecule has 2 rings (SSSR count). The SMILES string of the molecule is O=[N+]([O-])c1ccc(Br)cc1CNCc1nn[nH]n1. The van der Waals surface area contributed by atoms with Crippen LogP contribution in [0.4, 0.5) is 5.69 Å². The molecule has 0 aliphatic heterocycles. The Balaban J connectivity index is 2.03. The lowest BCUT2D eigenvalue weighted by Gasteiger charge is -2.04. The maximum Gasteiger partial charge on any atom is 0.273 e. The van der Waals surface area contributed by atoms with E-state index >= 15 is 0 Å². The summed E-state index contributed by atoms with van der Waals surface area (Å²) in [6, 6.07) is 4.82. The van der Waals surface area contributed by atoms with E-state index in [1.807, 2.05) is 0 Å². The lowest BCUT2D eigenvalue weighted by atomic mass is 10.2. The molecule has 0 spiro atoms.